The van der Waals surface area contributed by atoms with Gasteiger partial charge in [0, 0.05) is 26.0 Å². The number of carbonyl (C=O) groups is 1. The minimum atomic E-state index is -0.259. The summed E-state index contributed by atoms with van der Waals surface area (Å²) < 4.78 is 0. The van der Waals surface area contributed by atoms with Crippen molar-refractivity contribution in [2.45, 2.75) is 0 Å². The van der Waals surface area contributed by atoms with E-state index < -0.39 is 0 Å². The average molecular weight is 266 g/mol. The average Bonchev–Trinajstić information content (AvgIpc) is 2.53. The van der Waals surface area contributed by atoms with E-state index in [1.54, 1.807) is 56.7 Å². The number of aromatic nitrogens is 1. The van der Waals surface area contributed by atoms with Gasteiger partial charge in [-0.15, -0.1) is 0 Å². The summed E-state index contributed by atoms with van der Waals surface area (Å²) in [6, 6.07) is 12.5. The molecule has 1 aromatic heterocycles. The number of benzene rings is 1. The van der Waals surface area contributed by atoms with Crippen molar-refractivity contribution in [1.29, 1.82) is 5.26 Å². The van der Waals surface area contributed by atoms with Gasteiger partial charge in [0.2, 0.25) is 0 Å². The van der Waals surface area contributed by atoms with Crippen molar-refractivity contribution in [2.24, 2.45) is 0 Å². The Morgan fingerprint density at radius 2 is 2.10 bits per heavy atom. The zero-order valence-corrected chi connectivity index (χ0v) is 11.3. The summed E-state index contributed by atoms with van der Waals surface area (Å²) in [6.45, 7) is 0. The normalized spacial score (nSPS) is 9.65. The number of carbonyl (C=O) groups excluding carboxylic acids is 1. The smallest absolute Gasteiger partial charge is 0.276 e. The fraction of sp³-hybridized carbons (Fsp3) is 0.133. The predicted molar refractivity (Wildman–Crippen MR) is 77.7 cm³/mol. The molecule has 0 fully saturated rings. The Bertz CT molecular complexity index is 676. The van der Waals surface area contributed by atoms with Crippen LogP contribution in [0.2, 0.25) is 0 Å². The van der Waals surface area contributed by atoms with E-state index >= 15 is 0 Å². The summed E-state index contributed by atoms with van der Waals surface area (Å²) in [6.07, 6.45) is 1.57. The maximum atomic E-state index is 12.4. The van der Waals surface area contributed by atoms with E-state index in [9.17, 15) is 4.79 Å². The van der Waals surface area contributed by atoms with Gasteiger partial charge in [-0.25, -0.2) is 0 Å². The molecule has 0 atom stereocenters. The molecular formula is C15H14N4O. The third-order valence-corrected chi connectivity index (χ3v) is 2.96. The Hall–Kier alpha value is -2.87. The van der Waals surface area contributed by atoms with E-state index in [0.29, 0.717) is 16.9 Å². The molecule has 5 heteroatoms. The number of nitriles is 1. The van der Waals surface area contributed by atoms with E-state index in [1.165, 1.54) is 4.90 Å². The lowest BCUT2D eigenvalue weighted by Crippen LogP contribution is -2.27. The lowest BCUT2D eigenvalue weighted by Gasteiger charge is -2.18. The van der Waals surface area contributed by atoms with Crippen LogP contribution in [0.3, 0.4) is 0 Å². The number of para-hydroxylation sites is 1. The maximum Gasteiger partial charge on any atom is 0.276 e. The first-order valence-electron chi connectivity index (χ1n) is 6.08. The number of amides is 1. The third kappa shape index (κ3) is 2.59. The van der Waals surface area contributed by atoms with Crippen LogP contribution in [0, 0.1) is 11.3 Å². The number of pyridine rings is 1. The lowest BCUT2D eigenvalue weighted by atomic mass is 10.1. The minimum absolute atomic E-state index is 0.259. The second kappa shape index (κ2) is 5.85. The Kier molecular flexibility index (Phi) is 3.96. The van der Waals surface area contributed by atoms with Crippen LogP contribution in [0.25, 0.3) is 0 Å². The number of hydrogen-bond acceptors (Lipinski definition) is 4. The van der Waals surface area contributed by atoms with Crippen molar-refractivity contribution >= 4 is 17.3 Å². The number of nitrogens with zero attached hydrogens (tertiary/aromatic N) is 3. The Morgan fingerprint density at radius 1 is 1.35 bits per heavy atom. The number of anilines is 2. The Labute approximate surface area is 117 Å². The van der Waals surface area contributed by atoms with Gasteiger partial charge in [-0.05, 0) is 24.3 Å². The Morgan fingerprint density at radius 3 is 2.80 bits per heavy atom. The number of rotatable bonds is 3. The van der Waals surface area contributed by atoms with Gasteiger partial charge in [0.25, 0.3) is 5.91 Å². The molecule has 0 aliphatic rings. The van der Waals surface area contributed by atoms with Crippen LogP contribution >= 0.6 is 0 Å². The summed E-state index contributed by atoms with van der Waals surface area (Å²) in [5.41, 5.74) is 2.15. The third-order valence-electron chi connectivity index (χ3n) is 2.96. The van der Waals surface area contributed by atoms with Crippen molar-refractivity contribution in [3.05, 3.63) is 53.9 Å². The monoisotopic (exact) mass is 266 g/mol. The number of hydrogen-bond donors (Lipinski definition) is 1. The van der Waals surface area contributed by atoms with Crippen molar-refractivity contribution < 1.29 is 4.79 Å². The molecule has 2 aromatic rings. The van der Waals surface area contributed by atoms with Crippen LogP contribution in [-0.4, -0.2) is 25.0 Å². The van der Waals surface area contributed by atoms with Gasteiger partial charge < -0.3 is 10.2 Å². The molecule has 0 spiro atoms. The lowest BCUT2D eigenvalue weighted by molar-refractivity contribution is 0.0988. The summed E-state index contributed by atoms with van der Waals surface area (Å²) in [5.74, 6) is -0.259. The standard InChI is InChI=1S/C15H14N4O/c1-17-12-7-8-18-13(9-12)15(20)19(2)14-6-4-3-5-11(14)10-16/h3-9H,1-2H3,(H,17,18). The quantitative estimate of drug-likeness (QED) is 0.925. The van der Waals surface area contributed by atoms with E-state index in [4.69, 9.17) is 5.26 Å². The van der Waals surface area contributed by atoms with Crippen molar-refractivity contribution in [3.63, 3.8) is 0 Å². The van der Waals surface area contributed by atoms with Gasteiger partial charge in [0.1, 0.15) is 11.8 Å². The molecule has 2 rings (SSSR count). The number of nitrogens with one attached hydrogen (secondary N) is 1. The summed E-state index contributed by atoms with van der Waals surface area (Å²) in [4.78, 5) is 17.9. The molecule has 0 aliphatic heterocycles. The van der Waals surface area contributed by atoms with Crippen LogP contribution in [0.15, 0.2) is 42.6 Å². The van der Waals surface area contributed by atoms with E-state index in [2.05, 4.69) is 16.4 Å². The molecular weight excluding hydrogens is 252 g/mol. The summed E-state index contributed by atoms with van der Waals surface area (Å²) >= 11 is 0. The van der Waals surface area contributed by atoms with E-state index in [0.717, 1.165) is 5.69 Å². The molecule has 0 unspecified atom stereocenters. The fourth-order valence-corrected chi connectivity index (χ4v) is 1.84. The highest BCUT2D eigenvalue weighted by Crippen LogP contribution is 2.20. The zero-order valence-electron chi connectivity index (χ0n) is 11.3. The van der Waals surface area contributed by atoms with Crippen molar-refractivity contribution in [2.75, 3.05) is 24.3 Å². The topological polar surface area (TPSA) is 69.0 Å². The predicted octanol–water partition coefficient (Wildman–Crippen LogP) is 2.27. The first-order valence-corrected chi connectivity index (χ1v) is 6.08. The molecule has 0 aliphatic carbocycles. The highest BCUT2D eigenvalue weighted by atomic mass is 16.2. The molecule has 1 amide bonds. The highest BCUT2D eigenvalue weighted by Gasteiger charge is 2.17. The van der Waals surface area contributed by atoms with Crippen LogP contribution in [0.5, 0.6) is 0 Å². The highest BCUT2D eigenvalue weighted by molar-refractivity contribution is 6.05. The van der Waals surface area contributed by atoms with Crippen molar-refractivity contribution in [1.82, 2.24) is 4.98 Å². The molecule has 0 bridgehead atoms. The SMILES string of the molecule is CNc1ccnc(C(=O)N(C)c2ccccc2C#N)c1. The van der Waals surface area contributed by atoms with Crippen LogP contribution in [-0.2, 0) is 0 Å². The van der Waals surface area contributed by atoms with Gasteiger partial charge in [-0.3, -0.25) is 9.78 Å². The molecule has 100 valence electrons. The second-order valence-electron chi connectivity index (χ2n) is 4.17. The fourth-order valence-electron chi connectivity index (χ4n) is 1.84. The maximum absolute atomic E-state index is 12.4. The molecule has 5 nitrogen and oxygen atoms in total. The molecule has 0 saturated heterocycles. The molecule has 1 heterocycles. The molecule has 1 N–H and O–H groups in total. The second-order valence-corrected chi connectivity index (χ2v) is 4.17. The first kappa shape index (κ1) is 13.6. The molecule has 20 heavy (non-hydrogen) atoms. The summed E-state index contributed by atoms with van der Waals surface area (Å²) in [5, 5.41) is 12.0. The van der Waals surface area contributed by atoms with Gasteiger partial charge in [-0.1, -0.05) is 12.1 Å². The van der Waals surface area contributed by atoms with Gasteiger partial charge in [-0.2, -0.15) is 5.26 Å². The first-order chi connectivity index (χ1) is 9.67. The molecule has 0 saturated carbocycles. The van der Waals surface area contributed by atoms with E-state index in [1.807, 2.05) is 0 Å². The van der Waals surface area contributed by atoms with Gasteiger partial charge in [0.05, 0.1) is 11.3 Å². The molecule has 0 radical (unpaired) electrons. The van der Waals surface area contributed by atoms with Crippen molar-refractivity contribution in [3.8, 4) is 6.07 Å². The summed E-state index contributed by atoms with van der Waals surface area (Å²) in [7, 11) is 3.41. The van der Waals surface area contributed by atoms with Crippen LogP contribution in [0.4, 0.5) is 11.4 Å². The van der Waals surface area contributed by atoms with Gasteiger partial charge >= 0.3 is 0 Å². The van der Waals surface area contributed by atoms with Crippen LogP contribution < -0.4 is 10.2 Å². The van der Waals surface area contributed by atoms with Crippen LogP contribution in [0.1, 0.15) is 16.1 Å². The molecule has 1 aromatic carbocycles. The van der Waals surface area contributed by atoms with E-state index in [-0.39, 0.29) is 5.91 Å². The minimum Gasteiger partial charge on any atom is -0.388 e. The Balaban J connectivity index is 2.35. The van der Waals surface area contributed by atoms with Gasteiger partial charge in [0.15, 0.2) is 0 Å². The largest absolute Gasteiger partial charge is 0.388 e. The zero-order chi connectivity index (χ0) is 14.5.